The van der Waals surface area contributed by atoms with Gasteiger partial charge in [-0.15, -0.1) is 0 Å². The van der Waals surface area contributed by atoms with Gasteiger partial charge in [0.1, 0.15) is 0 Å². The van der Waals surface area contributed by atoms with E-state index in [2.05, 4.69) is 25.7 Å². The van der Waals surface area contributed by atoms with Crippen molar-refractivity contribution in [2.45, 2.75) is 52.6 Å². The number of rotatable bonds is 7. The summed E-state index contributed by atoms with van der Waals surface area (Å²) in [5.74, 6) is -0.262. The quantitative estimate of drug-likeness (QED) is 0.748. The lowest BCUT2D eigenvalue weighted by Gasteiger charge is -2.28. The summed E-state index contributed by atoms with van der Waals surface area (Å²) in [4.78, 5) is 2.33. The summed E-state index contributed by atoms with van der Waals surface area (Å²) in [6, 6.07) is 5.73. The molecule has 1 aromatic rings. The van der Waals surface area contributed by atoms with E-state index in [1.54, 1.807) is 6.07 Å². The van der Waals surface area contributed by atoms with Crippen molar-refractivity contribution >= 4 is 5.69 Å². The summed E-state index contributed by atoms with van der Waals surface area (Å²) in [5, 5.41) is 0. The summed E-state index contributed by atoms with van der Waals surface area (Å²) in [7, 11) is 0. The first-order valence-electron chi connectivity index (χ1n) is 6.87. The Hall–Kier alpha value is -1.09. The van der Waals surface area contributed by atoms with Gasteiger partial charge in [0.15, 0.2) is 5.82 Å². The number of hydrogen-bond donors (Lipinski definition) is 1. The third-order valence-electron chi connectivity index (χ3n) is 3.50. The molecule has 0 aliphatic carbocycles. The van der Waals surface area contributed by atoms with Crippen LogP contribution in [0.3, 0.4) is 0 Å². The van der Waals surface area contributed by atoms with Crippen LogP contribution < -0.4 is 5.73 Å². The standard InChI is InChI=1S/C15H25FN2/c1-4-6-10-18(12(3)5-2)11-13-8-7-9-14(17)15(13)16/h7-9,12H,4-6,10-11,17H2,1-3H3. The number of benzene rings is 1. The van der Waals surface area contributed by atoms with Crippen molar-refractivity contribution in [1.82, 2.24) is 4.90 Å². The molecule has 0 aliphatic heterocycles. The summed E-state index contributed by atoms with van der Waals surface area (Å²) < 4.78 is 13.9. The second-order valence-electron chi connectivity index (χ2n) is 4.90. The SMILES string of the molecule is CCCCN(Cc1cccc(N)c1F)C(C)CC. The van der Waals surface area contributed by atoms with Crippen LogP contribution in [0.2, 0.25) is 0 Å². The minimum atomic E-state index is -0.262. The largest absolute Gasteiger partial charge is 0.396 e. The maximum atomic E-state index is 13.9. The summed E-state index contributed by atoms with van der Waals surface area (Å²) in [5.41, 5.74) is 6.55. The molecule has 0 fully saturated rings. The van der Waals surface area contributed by atoms with Crippen LogP contribution in [0.25, 0.3) is 0 Å². The van der Waals surface area contributed by atoms with Crippen molar-refractivity contribution in [2.24, 2.45) is 0 Å². The molecule has 1 aromatic carbocycles. The van der Waals surface area contributed by atoms with E-state index in [1.807, 2.05) is 12.1 Å². The highest BCUT2D eigenvalue weighted by Crippen LogP contribution is 2.18. The number of nitrogens with zero attached hydrogens (tertiary/aromatic N) is 1. The second-order valence-corrected chi connectivity index (χ2v) is 4.90. The number of anilines is 1. The van der Waals surface area contributed by atoms with E-state index in [0.717, 1.165) is 25.8 Å². The molecular formula is C15H25FN2. The Bertz CT molecular complexity index is 366. The summed E-state index contributed by atoms with van der Waals surface area (Å²) in [6.45, 7) is 8.20. The molecule has 102 valence electrons. The number of halogens is 1. The molecule has 0 bridgehead atoms. The van der Waals surface area contributed by atoms with Gasteiger partial charge in [0, 0.05) is 18.2 Å². The summed E-state index contributed by atoms with van der Waals surface area (Å²) >= 11 is 0. The van der Waals surface area contributed by atoms with Gasteiger partial charge in [0.25, 0.3) is 0 Å². The third kappa shape index (κ3) is 3.98. The lowest BCUT2D eigenvalue weighted by Crippen LogP contribution is -2.33. The number of nitrogen functional groups attached to an aromatic ring is 1. The minimum absolute atomic E-state index is 0.243. The van der Waals surface area contributed by atoms with E-state index in [1.165, 1.54) is 0 Å². The average molecular weight is 252 g/mol. The lowest BCUT2D eigenvalue weighted by atomic mass is 10.1. The highest BCUT2D eigenvalue weighted by molar-refractivity contribution is 5.42. The van der Waals surface area contributed by atoms with Crippen molar-refractivity contribution in [1.29, 1.82) is 0 Å². The van der Waals surface area contributed by atoms with Crippen LogP contribution in [0.4, 0.5) is 10.1 Å². The Balaban J connectivity index is 2.78. The van der Waals surface area contributed by atoms with Crippen molar-refractivity contribution in [3.8, 4) is 0 Å². The molecule has 0 aromatic heterocycles. The third-order valence-corrected chi connectivity index (χ3v) is 3.50. The van der Waals surface area contributed by atoms with Crippen LogP contribution in [-0.2, 0) is 6.54 Å². The van der Waals surface area contributed by atoms with E-state index in [0.29, 0.717) is 18.2 Å². The zero-order chi connectivity index (χ0) is 13.5. The monoisotopic (exact) mass is 252 g/mol. The molecule has 1 unspecified atom stereocenters. The van der Waals surface area contributed by atoms with E-state index in [4.69, 9.17) is 5.73 Å². The summed E-state index contributed by atoms with van der Waals surface area (Å²) in [6.07, 6.45) is 3.38. The van der Waals surface area contributed by atoms with E-state index in [-0.39, 0.29) is 11.5 Å². The van der Waals surface area contributed by atoms with Crippen LogP contribution in [-0.4, -0.2) is 17.5 Å². The molecule has 0 amide bonds. The topological polar surface area (TPSA) is 29.3 Å². The first-order chi connectivity index (χ1) is 8.60. The average Bonchev–Trinajstić information content (AvgIpc) is 2.38. The second kappa shape index (κ2) is 7.37. The van der Waals surface area contributed by atoms with Crippen molar-refractivity contribution in [2.75, 3.05) is 12.3 Å². The van der Waals surface area contributed by atoms with E-state index >= 15 is 0 Å². The van der Waals surface area contributed by atoms with Gasteiger partial charge in [0.2, 0.25) is 0 Å². The van der Waals surface area contributed by atoms with Crippen LogP contribution in [0, 0.1) is 5.82 Å². The predicted octanol–water partition coefficient (Wildman–Crippen LogP) is 3.81. The first-order valence-corrected chi connectivity index (χ1v) is 6.87. The maximum Gasteiger partial charge on any atom is 0.150 e. The Labute approximate surface area is 110 Å². The van der Waals surface area contributed by atoms with Gasteiger partial charge in [-0.2, -0.15) is 0 Å². The Kier molecular flexibility index (Phi) is 6.13. The lowest BCUT2D eigenvalue weighted by molar-refractivity contribution is 0.190. The molecule has 18 heavy (non-hydrogen) atoms. The molecule has 2 N–H and O–H groups in total. The highest BCUT2D eigenvalue weighted by Gasteiger charge is 2.15. The van der Waals surface area contributed by atoms with Crippen LogP contribution in [0.5, 0.6) is 0 Å². The van der Waals surface area contributed by atoms with Gasteiger partial charge < -0.3 is 5.73 Å². The molecule has 0 saturated heterocycles. The Morgan fingerprint density at radius 2 is 2.06 bits per heavy atom. The van der Waals surface area contributed by atoms with Gasteiger partial charge >= 0.3 is 0 Å². The highest BCUT2D eigenvalue weighted by atomic mass is 19.1. The number of nitrogens with two attached hydrogens (primary N) is 1. The fraction of sp³-hybridized carbons (Fsp3) is 0.600. The molecule has 0 saturated carbocycles. The van der Waals surface area contributed by atoms with Crippen molar-refractivity contribution in [3.63, 3.8) is 0 Å². The Morgan fingerprint density at radius 1 is 1.33 bits per heavy atom. The minimum Gasteiger partial charge on any atom is -0.396 e. The van der Waals surface area contributed by atoms with Crippen molar-refractivity contribution in [3.05, 3.63) is 29.6 Å². The smallest absolute Gasteiger partial charge is 0.150 e. The van der Waals surface area contributed by atoms with Crippen molar-refractivity contribution < 1.29 is 4.39 Å². The van der Waals surface area contributed by atoms with Gasteiger partial charge in [-0.05, 0) is 32.4 Å². The van der Waals surface area contributed by atoms with Crippen LogP contribution in [0.1, 0.15) is 45.6 Å². The molecular weight excluding hydrogens is 227 g/mol. The molecule has 1 rings (SSSR count). The normalized spacial score (nSPS) is 12.9. The number of unbranched alkanes of at least 4 members (excludes halogenated alkanes) is 1. The molecule has 0 heterocycles. The molecule has 0 aliphatic rings. The molecule has 0 radical (unpaired) electrons. The predicted molar refractivity (Wildman–Crippen MR) is 75.9 cm³/mol. The van der Waals surface area contributed by atoms with Gasteiger partial charge in [-0.1, -0.05) is 32.4 Å². The van der Waals surface area contributed by atoms with Gasteiger partial charge in [-0.3, -0.25) is 4.90 Å². The number of hydrogen-bond acceptors (Lipinski definition) is 2. The van der Waals surface area contributed by atoms with E-state index < -0.39 is 0 Å². The first kappa shape index (κ1) is 15.0. The Morgan fingerprint density at radius 3 is 2.67 bits per heavy atom. The van der Waals surface area contributed by atoms with Gasteiger partial charge in [0.05, 0.1) is 5.69 Å². The maximum absolute atomic E-state index is 13.9. The van der Waals surface area contributed by atoms with Crippen LogP contribution >= 0.6 is 0 Å². The molecule has 0 spiro atoms. The fourth-order valence-corrected chi connectivity index (χ4v) is 2.02. The fourth-order valence-electron chi connectivity index (χ4n) is 2.02. The van der Waals surface area contributed by atoms with E-state index in [9.17, 15) is 4.39 Å². The zero-order valence-corrected chi connectivity index (χ0v) is 11.7. The molecule has 1 atom stereocenters. The van der Waals surface area contributed by atoms with Gasteiger partial charge in [-0.25, -0.2) is 4.39 Å². The molecule has 2 nitrogen and oxygen atoms in total. The molecule has 3 heteroatoms. The van der Waals surface area contributed by atoms with Crippen LogP contribution in [0.15, 0.2) is 18.2 Å². The zero-order valence-electron chi connectivity index (χ0n) is 11.7.